The van der Waals surface area contributed by atoms with Gasteiger partial charge in [0, 0.05) is 11.6 Å². The Balaban J connectivity index is 1.33. The maximum Gasteiger partial charge on any atom is 0.371 e. The summed E-state index contributed by atoms with van der Waals surface area (Å²) < 4.78 is 22.2. The second-order valence-electron chi connectivity index (χ2n) is 7.41. The number of carbonyl (C=O) groups is 2. The number of hydrazone groups is 1. The molecule has 184 valence electrons. The van der Waals surface area contributed by atoms with Crippen LogP contribution in [0.15, 0.2) is 76.4 Å². The van der Waals surface area contributed by atoms with Crippen LogP contribution >= 0.6 is 0 Å². The molecule has 0 radical (unpaired) electrons. The number of hydrogen-bond acceptors (Lipinski definition) is 8. The zero-order valence-corrected chi connectivity index (χ0v) is 19.3. The average molecular weight is 489 g/mol. The first-order valence-electron chi connectivity index (χ1n) is 11.0. The van der Waals surface area contributed by atoms with E-state index in [9.17, 15) is 9.59 Å². The fraction of sp³-hybridized carbons (Fsp3) is 0.154. The fourth-order valence-electron chi connectivity index (χ4n) is 3.26. The Morgan fingerprint density at radius 1 is 1.03 bits per heavy atom. The number of furan rings is 1. The number of para-hydroxylation sites is 1. The van der Waals surface area contributed by atoms with Gasteiger partial charge in [0.05, 0.1) is 12.8 Å². The zero-order valence-electron chi connectivity index (χ0n) is 19.3. The number of nitrogens with one attached hydrogen (secondary N) is 1. The summed E-state index contributed by atoms with van der Waals surface area (Å²) in [5.74, 6) is 0.0504. The summed E-state index contributed by atoms with van der Waals surface area (Å²) >= 11 is 0. The molecule has 0 fully saturated rings. The Morgan fingerprint density at radius 2 is 1.89 bits per heavy atom. The van der Waals surface area contributed by atoms with E-state index in [1.165, 1.54) is 18.3 Å². The number of carboxylic acid groups (broad SMARTS) is 1. The van der Waals surface area contributed by atoms with E-state index in [2.05, 4.69) is 15.5 Å². The van der Waals surface area contributed by atoms with Crippen LogP contribution in [0.4, 0.5) is 0 Å². The Labute approximate surface area is 206 Å². The molecule has 2 N–H and O–H groups in total. The number of aromatic carboxylic acids is 1. The van der Waals surface area contributed by atoms with Crippen LogP contribution in [0.25, 0.3) is 10.9 Å². The molecule has 0 aliphatic carbocycles. The second kappa shape index (κ2) is 11.5. The van der Waals surface area contributed by atoms with Crippen LogP contribution in [0.2, 0.25) is 0 Å². The minimum atomic E-state index is -1.15. The highest BCUT2D eigenvalue weighted by Crippen LogP contribution is 2.29. The maximum atomic E-state index is 12.2. The number of carboxylic acids is 1. The fourth-order valence-corrected chi connectivity index (χ4v) is 3.26. The van der Waals surface area contributed by atoms with Crippen LogP contribution in [-0.4, -0.2) is 41.4 Å². The van der Waals surface area contributed by atoms with Gasteiger partial charge in [0.1, 0.15) is 23.6 Å². The summed E-state index contributed by atoms with van der Waals surface area (Å²) in [4.78, 5) is 27.4. The summed E-state index contributed by atoms with van der Waals surface area (Å²) in [6.07, 6.45) is 3.13. The van der Waals surface area contributed by atoms with E-state index < -0.39 is 11.9 Å². The minimum absolute atomic E-state index is 0.0308. The van der Waals surface area contributed by atoms with Gasteiger partial charge in [-0.3, -0.25) is 9.78 Å². The highest BCUT2D eigenvalue weighted by atomic mass is 16.5. The van der Waals surface area contributed by atoms with Gasteiger partial charge in [0.15, 0.2) is 18.1 Å². The lowest BCUT2D eigenvalue weighted by atomic mass is 10.2. The molecule has 1 amide bonds. The van der Waals surface area contributed by atoms with Gasteiger partial charge >= 0.3 is 5.97 Å². The van der Waals surface area contributed by atoms with E-state index in [1.807, 2.05) is 31.2 Å². The molecule has 0 saturated heterocycles. The molecule has 0 aliphatic heterocycles. The van der Waals surface area contributed by atoms with Crippen molar-refractivity contribution in [1.29, 1.82) is 0 Å². The van der Waals surface area contributed by atoms with E-state index in [0.29, 0.717) is 40.7 Å². The van der Waals surface area contributed by atoms with E-state index in [1.54, 1.807) is 30.5 Å². The molecule has 0 saturated carbocycles. The van der Waals surface area contributed by atoms with Crippen LogP contribution in [0, 0.1) is 0 Å². The van der Waals surface area contributed by atoms with Crippen LogP contribution in [0.1, 0.15) is 28.8 Å². The van der Waals surface area contributed by atoms with Gasteiger partial charge in [-0.15, -0.1) is 0 Å². The zero-order chi connectivity index (χ0) is 25.3. The number of aromatic nitrogens is 1. The molecular formula is C26H23N3O7. The number of fused-ring (bicyclic) bond motifs is 1. The molecule has 0 atom stereocenters. The first-order chi connectivity index (χ1) is 17.5. The highest BCUT2D eigenvalue weighted by molar-refractivity contribution is 5.86. The van der Waals surface area contributed by atoms with Crippen LogP contribution in [0.3, 0.4) is 0 Å². The predicted octanol–water partition coefficient (Wildman–Crippen LogP) is 4.03. The summed E-state index contributed by atoms with van der Waals surface area (Å²) in [6, 6.07) is 17.3. The van der Waals surface area contributed by atoms with Crippen LogP contribution in [-0.2, 0) is 11.4 Å². The number of amides is 1. The van der Waals surface area contributed by atoms with Crippen molar-refractivity contribution in [2.45, 2.75) is 13.5 Å². The molecule has 2 aromatic heterocycles. The molecular weight excluding hydrogens is 466 g/mol. The van der Waals surface area contributed by atoms with Crippen molar-refractivity contribution in [2.24, 2.45) is 5.10 Å². The van der Waals surface area contributed by atoms with Gasteiger partial charge in [0.25, 0.3) is 5.91 Å². The lowest BCUT2D eigenvalue weighted by Crippen LogP contribution is -2.24. The van der Waals surface area contributed by atoms with Crippen molar-refractivity contribution in [3.8, 4) is 17.2 Å². The van der Waals surface area contributed by atoms with Gasteiger partial charge in [0.2, 0.25) is 5.76 Å². The standard InChI is InChI=1S/C26H23N3O7/c1-2-33-23-13-17(8-10-20(23)34-15-19-9-11-22(36-19)26(31)32)14-28-29-24(30)16-35-21-7-3-5-18-6-4-12-27-25(18)21/h3-14H,2,15-16H2,1H3,(H,29,30)(H,31,32). The lowest BCUT2D eigenvalue weighted by Gasteiger charge is -2.11. The monoisotopic (exact) mass is 489 g/mol. The molecule has 2 heterocycles. The Bertz CT molecular complexity index is 1390. The number of carbonyl (C=O) groups excluding carboxylic acids is 1. The minimum Gasteiger partial charge on any atom is -0.490 e. The number of nitrogens with zero attached hydrogens (tertiary/aromatic N) is 2. The van der Waals surface area contributed by atoms with Crippen molar-refractivity contribution in [2.75, 3.05) is 13.2 Å². The molecule has 4 rings (SSSR count). The molecule has 4 aromatic rings. The number of ether oxygens (including phenoxy) is 3. The van der Waals surface area contributed by atoms with Gasteiger partial charge in [-0.25, -0.2) is 10.2 Å². The predicted molar refractivity (Wildman–Crippen MR) is 131 cm³/mol. The molecule has 2 aromatic carbocycles. The smallest absolute Gasteiger partial charge is 0.371 e. The molecule has 0 aliphatic rings. The molecule has 0 bridgehead atoms. The third-order valence-electron chi connectivity index (χ3n) is 4.87. The molecule has 0 spiro atoms. The van der Waals surface area contributed by atoms with Gasteiger partial charge in [-0.1, -0.05) is 18.2 Å². The van der Waals surface area contributed by atoms with E-state index >= 15 is 0 Å². The summed E-state index contributed by atoms with van der Waals surface area (Å²) in [5, 5.41) is 13.8. The number of benzene rings is 2. The van der Waals surface area contributed by atoms with Crippen LogP contribution in [0.5, 0.6) is 17.2 Å². The van der Waals surface area contributed by atoms with E-state index in [-0.39, 0.29) is 19.0 Å². The Hall–Kier alpha value is -4.86. The van der Waals surface area contributed by atoms with Gasteiger partial charge < -0.3 is 23.7 Å². The van der Waals surface area contributed by atoms with Gasteiger partial charge in [-0.2, -0.15) is 5.10 Å². The van der Waals surface area contributed by atoms with Crippen molar-refractivity contribution < 1.29 is 33.3 Å². The first-order valence-corrected chi connectivity index (χ1v) is 11.0. The van der Waals surface area contributed by atoms with E-state index in [0.717, 1.165) is 5.39 Å². The Kier molecular flexibility index (Phi) is 7.76. The number of hydrogen-bond donors (Lipinski definition) is 2. The largest absolute Gasteiger partial charge is 0.490 e. The molecule has 0 unspecified atom stereocenters. The number of pyridine rings is 1. The lowest BCUT2D eigenvalue weighted by molar-refractivity contribution is -0.123. The number of rotatable bonds is 11. The van der Waals surface area contributed by atoms with E-state index in [4.69, 9.17) is 23.7 Å². The normalized spacial score (nSPS) is 10.9. The highest BCUT2D eigenvalue weighted by Gasteiger charge is 2.12. The summed E-state index contributed by atoms with van der Waals surface area (Å²) in [7, 11) is 0. The van der Waals surface area contributed by atoms with Crippen molar-refractivity contribution >= 4 is 29.0 Å². The quantitative estimate of drug-likeness (QED) is 0.238. The topological polar surface area (TPSA) is 132 Å². The first kappa shape index (κ1) is 24.3. The molecule has 36 heavy (non-hydrogen) atoms. The van der Waals surface area contributed by atoms with Crippen LogP contribution < -0.4 is 19.6 Å². The molecule has 10 nitrogen and oxygen atoms in total. The van der Waals surface area contributed by atoms with Crippen molar-refractivity contribution in [1.82, 2.24) is 10.4 Å². The maximum absolute atomic E-state index is 12.2. The van der Waals surface area contributed by atoms with Crippen molar-refractivity contribution in [3.63, 3.8) is 0 Å². The Morgan fingerprint density at radius 3 is 2.69 bits per heavy atom. The third kappa shape index (κ3) is 6.17. The SMILES string of the molecule is CCOc1cc(C=NNC(=O)COc2cccc3cccnc23)ccc1OCc1ccc(C(=O)O)o1. The van der Waals surface area contributed by atoms with Gasteiger partial charge in [-0.05, 0) is 55.0 Å². The second-order valence-corrected chi connectivity index (χ2v) is 7.41. The third-order valence-corrected chi connectivity index (χ3v) is 4.87. The average Bonchev–Trinajstić information content (AvgIpc) is 3.37. The van der Waals surface area contributed by atoms with Crippen molar-refractivity contribution in [3.05, 3.63) is 83.9 Å². The summed E-state index contributed by atoms with van der Waals surface area (Å²) in [5.41, 5.74) is 3.77. The summed E-state index contributed by atoms with van der Waals surface area (Å²) in [6.45, 7) is 2.04. The molecule has 10 heteroatoms.